The van der Waals surface area contributed by atoms with Crippen LogP contribution in [0.2, 0.25) is 0 Å². The van der Waals surface area contributed by atoms with Crippen LogP contribution in [0.4, 0.5) is 11.4 Å². The zero-order valence-electron chi connectivity index (χ0n) is 15.7. The second kappa shape index (κ2) is 8.78. The van der Waals surface area contributed by atoms with Gasteiger partial charge in [0.05, 0.1) is 36.3 Å². The van der Waals surface area contributed by atoms with E-state index in [9.17, 15) is 19.2 Å². The largest absolute Gasteiger partial charge is 0.465 e. The van der Waals surface area contributed by atoms with Gasteiger partial charge in [0, 0.05) is 17.0 Å². The molecule has 1 heterocycles. The second-order valence-electron chi connectivity index (χ2n) is 6.13. The molecule has 0 saturated heterocycles. The first-order chi connectivity index (χ1) is 13.9. The molecular weight excluding hydrogens is 396 g/mol. The smallest absolute Gasteiger partial charge is 0.337 e. The fourth-order valence-corrected chi connectivity index (χ4v) is 3.89. The minimum absolute atomic E-state index is 0.0825. The standard InChI is InChI=1S/C20H18N2O6S/c1-27-19(25)11-7-12(20(26)28-2)9-13(8-11)21-17(23)10-16-18(24)22-14-5-3-4-6-15(14)29-16/h3-9,16H,10H2,1-2H3,(H,21,23)(H,22,24)/t16-/m1/s1. The van der Waals surface area contributed by atoms with Crippen molar-refractivity contribution in [3.8, 4) is 0 Å². The number of methoxy groups -OCH3 is 2. The van der Waals surface area contributed by atoms with Gasteiger partial charge in [0.1, 0.15) is 0 Å². The molecule has 9 heteroatoms. The van der Waals surface area contributed by atoms with E-state index in [1.54, 1.807) is 6.07 Å². The summed E-state index contributed by atoms with van der Waals surface area (Å²) < 4.78 is 9.35. The van der Waals surface area contributed by atoms with Crippen molar-refractivity contribution < 1.29 is 28.7 Å². The Morgan fingerprint density at radius 1 is 1.03 bits per heavy atom. The molecule has 1 aliphatic heterocycles. The highest BCUT2D eigenvalue weighted by molar-refractivity contribution is 8.01. The number of carbonyl (C=O) groups is 4. The number of hydrogen-bond acceptors (Lipinski definition) is 7. The molecule has 1 atom stereocenters. The molecule has 0 saturated carbocycles. The van der Waals surface area contributed by atoms with Crippen molar-refractivity contribution in [2.24, 2.45) is 0 Å². The summed E-state index contributed by atoms with van der Waals surface area (Å²) in [6.07, 6.45) is -0.0825. The Morgan fingerprint density at radius 3 is 2.28 bits per heavy atom. The van der Waals surface area contributed by atoms with E-state index in [0.29, 0.717) is 5.69 Å². The predicted molar refractivity (Wildman–Crippen MR) is 107 cm³/mol. The van der Waals surface area contributed by atoms with Crippen LogP contribution in [0, 0.1) is 0 Å². The molecule has 0 radical (unpaired) electrons. The molecule has 0 unspecified atom stereocenters. The lowest BCUT2D eigenvalue weighted by molar-refractivity contribution is -0.120. The van der Waals surface area contributed by atoms with Crippen LogP contribution in [0.15, 0.2) is 47.4 Å². The van der Waals surface area contributed by atoms with Crippen molar-refractivity contribution in [3.63, 3.8) is 0 Å². The average molecular weight is 414 g/mol. The van der Waals surface area contributed by atoms with Crippen LogP contribution in [-0.2, 0) is 19.1 Å². The Morgan fingerprint density at radius 2 is 1.66 bits per heavy atom. The van der Waals surface area contributed by atoms with Crippen LogP contribution in [0.1, 0.15) is 27.1 Å². The SMILES string of the molecule is COC(=O)c1cc(NC(=O)C[C@H]2Sc3ccccc3NC2=O)cc(C(=O)OC)c1. The lowest BCUT2D eigenvalue weighted by atomic mass is 10.1. The number of rotatable bonds is 5. The number of ether oxygens (including phenoxy) is 2. The number of hydrogen-bond donors (Lipinski definition) is 2. The second-order valence-corrected chi connectivity index (χ2v) is 7.37. The minimum atomic E-state index is -0.662. The van der Waals surface area contributed by atoms with E-state index in [-0.39, 0.29) is 29.1 Å². The van der Waals surface area contributed by atoms with Crippen LogP contribution < -0.4 is 10.6 Å². The van der Waals surface area contributed by atoms with Crippen LogP contribution in [0.25, 0.3) is 0 Å². The third-order valence-corrected chi connectivity index (χ3v) is 5.41. The van der Waals surface area contributed by atoms with E-state index in [1.165, 1.54) is 44.2 Å². The van der Waals surface area contributed by atoms with E-state index in [2.05, 4.69) is 20.1 Å². The fraction of sp³-hybridized carbons (Fsp3) is 0.200. The quantitative estimate of drug-likeness (QED) is 0.724. The first-order valence-corrected chi connectivity index (χ1v) is 9.47. The topological polar surface area (TPSA) is 111 Å². The first kappa shape index (κ1) is 20.4. The molecule has 0 bridgehead atoms. The summed E-state index contributed by atoms with van der Waals surface area (Å²) in [5.41, 5.74) is 1.11. The highest BCUT2D eigenvalue weighted by Gasteiger charge is 2.29. The van der Waals surface area contributed by atoms with E-state index < -0.39 is 23.1 Å². The maximum atomic E-state index is 12.5. The van der Waals surface area contributed by atoms with Crippen LogP contribution >= 0.6 is 11.8 Å². The number of thioether (sulfide) groups is 1. The van der Waals surface area contributed by atoms with Gasteiger partial charge in [0.15, 0.2) is 0 Å². The van der Waals surface area contributed by atoms with Gasteiger partial charge < -0.3 is 20.1 Å². The molecule has 8 nitrogen and oxygen atoms in total. The van der Waals surface area contributed by atoms with Crippen molar-refractivity contribution in [2.75, 3.05) is 24.9 Å². The van der Waals surface area contributed by atoms with Gasteiger partial charge in [0.2, 0.25) is 11.8 Å². The number of esters is 2. The third kappa shape index (κ3) is 4.75. The van der Waals surface area contributed by atoms with Gasteiger partial charge in [-0.1, -0.05) is 12.1 Å². The average Bonchev–Trinajstić information content (AvgIpc) is 2.72. The van der Waals surface area contributed by atoms with E-state index in [4.69, 9.17) is 0 Å². The maximum Gasteiger partial charge on any atom is 0.337 e. The summed E-state index contributed by atoms with van der Waals surface area (Å²) in [6.45, 7) is 0. The van der Waals surface area contributed by atoms with Crippen LogP contribution in [-0.4, -0.2) is 43.2 Å². The molecule has 3 rings (SSSR count). The summed E-state index contributed by atoms with van der Waals surface area (Å²) in [5.74, 6) is -2.02. The van der Waals surface area contributed by atoms with Gasteiger partial charge in [-0.05, 0) is 30.3 Å². The normalized spacial score (nSPS) is 15.0. The maximum absolute atomic E-state index is 12.5. The summed E-state index contributed by atoms with van der Waals surface area (Å²) >= 11 is 1.31. The number of para-hydroxylation sites is 1. The molecule has 29 heavy (non-hydrogen) atoms. The predicted octanol–water partition coefficient (Wildman–Crippen LogP) is 2.70. The molecule has 0 spiro atoms. The van der Waals surface area contributed by atoms with Gasteiger partial charge in [0.25, 0.3) is 0 Å². The minimum Gasteiger partial charge on any atom is -0.465 e. The number of carbonyl (C=O) groups excluding carboxylic acids is 4. The van der Waals surface area contributed by atoms with Crippen LogP contribution in [0.5, 0.6) is 0 Å². The summed E-state index contributed by atoms with van der Waals surface area (Å²) in [5, 5.41) is 4.80. The molecule has 2 aromatic rings. The molecular formula is C20H18N2O6S. The molecule has 1 aliphatic rings. The highest BCUT2D eigenvalue weighted by Crippen LogP contribution is 2.36. The summed E-state index contributed by atoms with van der Waals surface area (Å²) in [7, 11) is 2.42. The molecule has 2 amide bonds. The number of nitrogens with one attached hydrogen (secondary N) is 2. The van der Waals surface area contributed by atoms with Gasteiger partial charge in [-0.25, -0.2) is 9.59 Å². The zero-order chi connectivity index (χ0) is 21.0. The van der Waals surface area contributed by atoms with Crippen molar-refractivity contribution in [1.29, 1.82) is 0 Å². The number of anilines is 2. The van der Waals surface area contributed by atoms with Gasteiger partial charge >= 0.3 is 11.9 Å². The van der Waals surface area contributed by atoms with E-state index in [0.717, 1.165) is 4.90 Å². The van der Waals surface area contributed by atoms with Crippen LogP contribution in [0.3, 0.4) is 0 Å². The Bertz CT molecular complexity index is 956. The Labute approximate surface area is 170 Å². The summed E-state index contributed by atoms with van der Waals surface area (Å²) in [6, 6.07) is 11.4. The lowest BCUT2D eigenvalue weighted by Gasteiger charge is -2.23. The number of amides is 2. The third-order valence-electron chi connectivity index (χ3n) is 4.14. The monoisotopic (exact) mass is 414 g/mol. The fourth-order valence-electron chi connectivity index (χ4n) is 2.78. The molecule has 2 N–H and O–H groups in total. The Hall–Kier alpha value is -3.33. The molecule has 0 fully saturated rings. The van der Waals surface area contributed by atoms with Gasteiger partial charge in [-0.3, -0.25) is 9.59 Å². The molecule has 0 aromatic heterocycles. The van der Waals surface area contributed by atoms with E-state index >= 15 is 0 Å². The van der Waals surface area contributed by atoms with E-state index in [1.807, 2.05) is 18.2 Å². The number of benzene rings is 2. The number of fused-ring (bicyclic) bond motifs is 1. The van der Waals surface area contributed by atoms with Gasteiger partial charge in [-0.2, -0.15) is 0 Å². The zero-order valence-corrected chi connectivity index (χ0v) is 16.5. The van der Waals surface area contributed by atoms with Crippen molar-refractivity contribution in [2.45, 2.75) is 16.6 Å². The Kier molecular flexibility index (Phi) is 6.18. The summed E-state index contributed by atoms with van der Waals surface area (Å²) in [4.78, 5) is 49.4. The van der Waals surface area contributed by atoms with Crippen molar-refractivity contribution in [1.82, 2.24) is 0 Å². The Balaban J connectivity index is 1.75. The first-order valence-electron chi connectivity index (χ1n) is 8.59. The van der Waals surface area contributed by atoms with Crippen molar-refractivity contribution >= 4 is 46.9 Å². The highest BCUT2D eigenvalue weighted by atomic mass is 32.2. The lowest BCUT2D eigenvalue weighted by Crippen LogP contribution is -2.32. The molecule has 2 aromatic carbocycles. The van der Waals surface area contributed by atoms with Gasteiger partial charge in [-0.15, -0.1) is 11.8 Å². The molecule has 150 valence electrons. The molecule has 0 aliphatic carbocycles. The van der Waals surface area contributed by atoms with Crippen molar-refractivity contribution in [3.05, 3.63) is 53.6 Å².